The zero-order chi connectivity index (χ0) is 14.8. The number of carbonyl (C=O) groups is 1. The highest BCUT2D eigenvalue weighted by molar-refractivity contribution is 5.77. The van der Waals surface area contributed by atoms with Crippen LogP contribution in [-0.2, 0) is 17.4 Å². The van der Waals surface area contributed by atoms with Gasteiger partial charge in [0.15, 0.2) is 0 Å². The van der Waals surface area contributed by atoms with Gasteiger partial charge >= 0.3 is 12.1 Å². The van der Waals surface area contributed by atoms with E-state index in [2.05, 4.69) is 4.98 Å². The van der Waals surface area contributed by atoms with E-state index in [4.69, 9.17) is 5.11 Å². The Balaban J connectivity index is 2.65. The van der Waals surface area contributed by atoms with Crippen molar-refractivity contribution in [3.63, 3.8) is 0 Å². The summed E-state index contributed by atoms with van der Waals surface area (Å²) in [6, 6.07) is 9.72. The van der Waals surface area contributed by atoms with Crippen LogP contribution in [-0.4, -0.2) is 16.1 Å². The van der Waals surface area contributed by atoms with E-state index in [1.165, 1.54) is 6.07 Å². The molecule has 104 valence electrons. The summed E-state index contributed by atoms with van der Waals surface area (Å²) in [5, 5.41) is 8.83. The number of hydrogen-bond acceptors (Lipinski definition) is 2. The van der Waals surface area contributed by atoms with Gasteiger partial charge in [-0.25, -0.2) is 0 Å². The van der Waals surface area contributed by atoms with Crippen molar-refractivity contribution in [3.8, 4) is 11.1 Å². The van der Waals surface area contributed by atoms with E-state index in [9.17, 15) is 18.0 Å². The van der Waals surface area contributed by atoms with E-state index in [-0.39, 0.29) is 11.1 Å². The number of aromatic nitrogens is 1. The Hall–Kier alpha value is -2.37. The molecule has 0 unspecified atom stereocenters. The molecule has 0 saturated heterocycles. The Kier molecular flexibility index (Phi) is 3.74. The quantitative estimate of drug-likeness (QED) is 0.938. The minimum Gasteiger partial charge on any atom is -0.481 e. The molecule has 0 aliphatic rings. The van der Waals surface area contributed by atoms with Crippen LogP contribution in [0.5, 0.6) is 0 Å². The van der Waals surface area contributed by atoms with E-state index in [0.717, 1.165) is 6.20 Å². The molecule has 0 spiro atoms. The average molecular weight is 281 g/mol. The Morgan fingerprint density at radius 3 is 2.35 bits per heavy atom. The molecule has 0 atom stereocenters. The second kappa shape index (κ2) is 5.32. The fourth-order valence-corrected chi connectivity index (χ4v) is 1.96. The summed E-state index contributed by atoms with van der Waals surface area (Å²) < 4.78 is 38.8. The van der Waals surface area contributed by atoms with Gasteiger partial charge in [-0.15, -0.1) is 0 Å². The topological polar surface area (TPSA) is 50.2 Å². The lowest BCUT2D eigenvalue weighted by Crippen LogP contribution is -2.15. The van der Waals surface area contributed by atoms with Crippen molar-refractivity contribution in [2.75, 3.05) is 0 Å². The highest BCUT2D eigenvalue weighted by atomic mass is 19.4. The van der Waals surface area contributed by atoms with Crippen LogP contribution in [0.3, 0.4) is 0 Å². The number of halogens is 3. The van der Waals surface area contributed by atoms with Crippen molar-refractivity contribution >= 4 is 5.97 Å². The molecular weight excluding hydrogens is 271 g/mol. The largest absolute Gasteiger partial charge is 0.481 e. The standard InChI is InChI=1S/C14H10F3NO2/c15-14(16,17)13-11(8-12(19)20)10(6-7-18-13)9-4-2-1-3-5-9/h1-7H,8H2,(H,19,20). The number of aliphatic carboxylic acids is 1. The molecule has 6 heteroatoms. The first-order valence-electron chi connectivity index (χ1n) is 5.72. The van der Waals surface area contributed by atoms with Gasteiger partial charge in [-0.05, 0) is 17.2 Å². The third-order valence-electron chi connectivity index (χ3n) is 2.74. The molecule has 1 aromatic carbocycles. The molecule has 0 aliphatic carbocycles. The smallest absolute Gasteiger partial charge is 0.433 e. The SMILES string of the molecule is O=C(O)Cc1c(-c2ccccc2)ccnc1C(F)(F)F. The van der Waals surface area contributed by atoms with Gasteiger partial charge in [-0.3, -0.25) is 9.78 Å². The fraction of sp³-hybridized carbons (Fsp3) is 0.143. The van der Waals surface area contributed by atoms with E-state index in [0.29, 0.717) is 5.56 Å². The first-order valence-corrected chi connectivity index (χ1v) is 5.72. The number of carboxylic acid groups (broad SMARTS) is 1. The molecule has 0 saturated carbocycles. The van der Waals surface area contributed by atoms with Crippen LogP contribution < -0.4 is 0 Å². The van der Waals surface area contributed by atoms with Crippen molar-refractivity contribution in [1.29, 1.82) is 0 Å². The van der Waals surface area contributed by atoms with Crippen LogP contribution in [0.2, 0.25) is 0 Å². The monoisotopic (exact) mass is 281 g/mol. The molecule has 3 nitrogen and oxygen atoms in total. The second-order valence-electron chi connectivity index (χ2n) is 4.12. The van der Waals surface area contributed by atoms with Crippen LogP contribution >= 0.6 is 0 Å². The average Bonchev–Trinajstić information content (AvgIpc) is 2.38. The van der Waals surface area contributed by atoms with Crippen molar-refractivity contribution in [3.05, 3.63) is 53.9 Å². The summed E-state index contributed by atoms with van der Waals surface area (Å²) in [6.45, 7) is 0. The fourth-order valence-electron chi connectivity index (χ4n) is 1.96. The molecule has 2 aromatic rings. The molecule has 0 amide bonds. The number of rotatable bonds is 3. The number of hydrogen-bond donors (Lipinski definition) is 1. The molecule has 1 aromatic heterocycles. The first-order chi connectivity index (χ1) is 9.39. The van der Waals surface area contributed by atoms with Gasteiger partial charge in [0.1, 0.15) is 5.69 Å². The van der Waals surface area contributed by atoms with Gasteiger partial charge in [0.25, 0.3) is 0 Å². The minimum atomic E-state index is -4.68. The molecule has 2 rings (SSSR count). The number of alkyl halides is 3. The van der Waals surface area contributed by atoms with Crippen LogP contribution in [0.4, 0.5) is 13.2 Å². The lowest BCUT2D eigenvalue weighted by atomic mass is 9.96. The summed E-state index contributed by atoms with van der Waals surface area (Å²) in [6.07, 6.45) is -4.38. The van der Waals surface area contributed by atoms with Gasteiger partial charge in [0.2, 0.25) is 0 Å². The summed E-state index contributed by atoms with van der Waals surface area (Å²) in [5.41, 5.74) is -0.716. The summed E-state index contributed by atoms with van der Waals surface area (Å²) in [7, 11) is 0. The van der Waals surface area contributed by atoms with E-state index >= 15 is 0 Å². The highest BCUT2D eigenvalue weighted by Crippen LogP contribution is 2.35. The van der Waals surface area contributed by atoms with Gasteiger partial charge in [0, 0.05) is 11.8 Å². The van der Waals surface area contributed by atoms with Crippen LogP contribution in [0, 0.1) is 0 Å². The summed E-state index contributed by atoms with van der Waals surface area (Å²) >= 11 is 0. The van der Waals surface area contributed by atoms with E-state index in [1.807, 2.05) is 0 Å². The lowest BCUT2D eigenvalue weighted by Gasteiger charge is -2.14. The molecule has 1 N–H and O–H groups in total. The summed E-state index contributed by atoms with van der Waals surface area (Å²) in [5.74, 6) is -1.33. The normalized spacial score (nSPS) is 11.3. The Labute approximate surface area is 112 Å². The third kappa shape index (κ3) is 2.96. The predicted molar refractivity (Wildman–Crippen MR) is 66.0 cm³/mol. The molecule has 20 heavy (non-hydrogen) atoms. The molecule has 0 aliphatic heterocycles. The van der Waals surface area contributed by atoms with Crippen molar-refractivity contribution < 1.29 is 23.1 Å². The number of benzene rings is 1. The molecule has 0 radical (unpaired) electrons. The Morgan fingerprint density at radius 2 is 1.80 bits per heavy atom. The molecule has 1 heterocycles. The van der Waals surface area contributed by atoms with Crippen LogP contribution in [0.25, 0.3) is 11.1 Å². The number of carboxylic acids is 1. The maximum Gasteiger partial charge on any atom is 0.433 e. The van der Waals surface area contributed by atoms with E-state index in [1.54, 1.807) is 30.3 Å². The molecule has 0 fully saturated rings. The van der Waals surface area contributed by atoms with E-state index < -0.39 is 24.3 Å². The minimum absolute atomic E-state index is 0.232. The maximum atomic E-state index is 12.9. The van der Waals surface area contributed by atoms with Crippen molar-refractivity contribution in [2.24, 2.45) is 0 Å². The lowest BCUT2D eigenvalue weighted by molar-refractivity contribution is -0.142. The zero-order valence-corrected chi connectivity index (χ0v) is 10.2. The van der Waals surface area contributed by atoms with Crippen molar-refractivity contribution in [1.82, 2.24) is 4.98 Å². The van der Waals surface area contributed by atoms with Crippen LogP contribution in [0.1, 0.15) is 11.3 Å². The predicted octanol–water partition coefficient (Wildman–Crippen LogP) is 3.39. The number of nitrogens with zero attached hydrogens (tertiary/aromatic N) is 1. The number of pyridine rings is 1. The van der Waals surface area contributed by atoms with Crippen molar-refractivity contribution in [2.45, 2.75) is 12.6 Å². The molecular formula is C14H10F3NO2. The zero-order valence-electron chi connectivity index (χ0n) is 10.2. The van der Waals surface area contributed by atoms with Gasteiger partial charge < -0.3 is 5.11 Å². The Bertz CT molecular complexity index is 624. The second-order valence-corrected chi connectivity index (χ2v) is 4.12. The third-order valence-corrected chi connectivity index (χ3v) is 2.74. The van der Waals surface area contributed by atoms with Gasteiger partial charge in [0.05, 0.1) is 6.42 Å². The first kappa shape index (κ1) is 14.0. The van der Waals surface area contributed by atoms with Gasteiger partial charge in [-0.2, -0.15) is 13.2 Å². The Morgan fingerprint density at radius 1 is 1.15 bits per heavy atom. The van der Waals surface area contributed by atoms with Crippen LogP contribution in [0.15, 0.2) is 42.6 Å². The maximum absolute atomic E-state index is 12.9. The highest BCUT2D eigenvalue weighted by Gasteiger charge is 2.36. The van der Waals surface area contributed by atoms with Gasteiger partial charge in [-0.1, -0.05) is 30.3 Å². The molecule has 0 bridgehead atoms. The summed E-state index contributed by atoms with van der Waals surface area (Å²) in [4.78, 5) is 14.1.